The van der Waals surface area contributed by atoms with Crippen LogP contribution in [-0.2, 0) is 4.74 Å². The fourth-order valence-electron chi connectivity index (χ4n) is 2.11. The van der Waals surface area contributed by atoms with Crippen molar-refractivity contribution in [1.29, 1.82) is 0 Å². The largest absolute Gasteiger partial charge is 0.454 e. The lowest BCUT2D eigenvalue weighted by atomic mass is 10.1. The van der Waals surface area contributed by atoms with Crippen LogP contribution in [0, 0.1) is 27.2 Å². The maximum Gasteiger partial charge on any atom is 0.338 e. The van der Waals surface area contributed by atoms with Crippen LogP contribution in [0.3, 0.4) is 0 Å². The molecule has 2 N–H and O–H groups in total. The van der Waals surface area contributed by atoms with Crippen molar-refractivity contribution in [2.75, 3.05) is 12.3 Å². The van der Waals surface area contributed by atoms with Gasteiger partial charge < -0.3 is 10.5 Å². The van der Waals surface area contributed by atoms with Crippen molar-refractivity contribution in [2.45, 2.75) is 6.92 Å². The first-order valence-corrected chi connectivity index (χ1v) is 7.20. The molecule has 0 aliphatic carbocycles. The lowest BCUT2D eigenvalue weighted by Crippen LogP contribution is -2.15. The van der Waals surface area contributed by atoms with Gasteiger partial charge in [0.1, 0.15) is 5.69 Å². The molecule has 10 heteroatoms. The summed E-state index contributed by atoms with van der Waals surface area (Å²) in [6, 6.07) is 7.24. The van der Waals surface area contributed by atoms with E-state index in [0.717, 1.165) is 12.1 Å². The van der Waals surface area contributed by atoms with Crippen LogP contribution in [-0.4, -0.2) is 28.2 Å². The van der Waals surface area contributed by atoms with Crippen LogP contribution in [0.25, 0.3) is 0 Å². The maximum absolute atomic E-state index is 12.1. The lowest BCUT2D eigenvalue weighted by Gasteiger charge is -2.06. The number of hydrogen-bond donors (Lipinski definition) is 1. The molecule has 0 radical (unpaired) electrons. The second-order valence-corrected chi connectivity index (χ2v) is 5.29. The van der Waals surface area contributed by atoms with E-state index in [-0.39, 0.29) is 22.5 Å². The Morgan fingerprint density at radius 2 is 1.58 bits per heavy atom. The third-order valence-corrected chi connectivity index (χ3v) is 3.53. The maximum atomic E-state index is 12.1. The average Bonchev–Trinajstić information content (AvgIpc) is 2.59. The molecule has 2 aromatic rings. The standard InChI is InChI=1S/C16H13N3O7/c1-9-2-3-10(6-13(9)18(22)23)15(20)8-26-16(21)11-4-5-12(17)14(7-11)19(24)25/h2-7H,8,17H2,1H3. The summed E-state index contributed by atoms with van der Waals surface area (Å²) in [5.41, 5.74) is 4.89. The number of anilines is 1. The number of nitrogens with zero attached hydrogens (tertiary/aromatic N) is 2. The number of ketones is 1. The molecule has 10 nitrogen and oxygen atoms in total. The Bertz CT molecular complexity index is 849. The molecule has 2 rings (SSSR count). The topological polar surface area (TPSA) is 156 Å². The molecule has 0 heterocycles. The molecule has 0 unspecified atom stereocenters. The molecule has 0 aliphatic rings. The Labute approximate surface area is 146 Å². The Morgan fingerprint density at radius 3 is 2.19 bits per heavy atom. The molecule has 0 saturated carbocycles. The molecule has 0 spiro atoms. The molecule has 0 saturated heterocycles. The van der Waals surface area contributed by atoms with Gasteiger partial charge in [-0.05, 0) is 19.1 Å². The van der Waals surface area contributed by atoms with Gasteiger partial charge in [-0.3, -0.25) is 25.0 Å². The number of hydrogen-bond acceptors (Lipinski definition) is 8. The number of nitrogens with two attached hydrogens (primary N) is 1. The van der Waals surface area contributed by atoms with Crippen molar-refractivity contribution in [3.8, 4) is 0 Å². The van der Waals surface area contributed by atoms with E-state index in [0.29, 0.717) is 5.56 Å². The molecule has 0 fully saturated rings. The van der Waals surface area contributed by atoms with Gasteiger partial charge >= 0.3 is 5.97 Å². The van der Waals surface area contributed by atoms with E-state index in [1.807, 2.05) is 0 Å². The number of ether oxygens (including phenoxy) is 1. The third kappa shape index (κ3) is 3.98. The zero-order valence-corrected chi connectivity index (χ0v) is 13.5. The van der Waals surface area contributed by atoms with Gasteiger partial charge in [0.25, 0.3) is 11.4 Å². The monoisotopic (exact) mass is 359 g/mol. The molecular weight excluding hydrogens is 346 g/mol. The highest BCUT2D eigenvalue weighted by Gasteiger charge is 2.19. The molecular formula is C16H13N3O7. The van der Waals surface area contributed by atoms with Crippen molar-refractivity contribution in [3.05, 3.63) is 73.3 Å². The van der Waals surface area contributed by atoms with Crippen molar-refractivity contribution in [1.82, 2.24) is 0 Å². The Hall–Kier alpha value is -3.82. The summed E-state index contributed by atoms with van der Waals surface area (Å²) in [6.45, 7) is 0.859. The summed E-state index contributed by atoms with van der Waals surface area (Å²) < 4.78 is 4.83. The number of Topliss-reactive ketones (excluding diaryl/α,β-unsaturated/α-hetero) is 1. The number of benzene rings is 2. The van der Waals surface area contributed by atoms with Crippen LogP contribution in [0.1, 0.15) is 26.3 Å². The van der Waals surface area contributed by atoms with Gasteiger partial charge in [-0.2, -0.15) is 0 Å². The summed E-state index contributed by atoms with van der Waals surface area (Å²) in [4.78, 5) is 44.4. The normalized spacial score (nSPS) is 10.2. The summed E-state index contributed by atoms with van der Waals surface area (Å²) >= 11 is 0. The Morgan fingerprint density at radius 1 is 1.00 bits per heavy atom. The molecule has 0 atom stereocenters. The molecule has 0 bridgehead atoms. The van der Waals surface area contributed by atoms with Crippen LogP contribution < -0.4 is 5.73 Å². The highest BCUT2D eigenvalue weighted by Crippen LogP contribution is 2.23. The number of nitro benzene ring substituents is 2. The third-order valence-electron chi connectivity index (χ3n) is 3.53. The Balaban J connectivity index is 2.11. The molecule has 0 aromatic heterocycles. The SMILES string of the molecule is Cc1ccc(C(=O)COC(=O)c2ccc(N)c([N+](=O)[O-])c2)cc1[N+](=O)[O-]. The number of aryl methyl sites for hydroxylation is 1. The molecule has 0 amide bonds. The van der Waals surface area contributed by atoms with E-state index in [9.17, 15) is 29.8 Å². The number of esters is 1. The van der Waals surface area contributed by atoms with Gasteiger partial charge in [0, 0.05) is 23.3 Å². The van der Waals surface area contributed by atoms with E-state index < -0.39 is 33.9 Å². The summed E-state index contributed by atoms with van der Waals surface area (Å²) in [5, 5.41) is 21.7. The van der Waals surface area contributed by atoms with E-state index >= 15 is 0 Å². The lowest BCUT2D eigenvalue weighted by molar-refractivity contribution is -0.385. The fourth-order valence-corrected chi connectivity index (χ4v) is 2.11. The van der Waals surface area contributed by atoms with E-state index in [1.54, 1.807) is 0 Å². The zero-order valence-electron chi connectivity index (χ0n) is 13.5. The van der Waals surface area contributed by atoms with Gasteiger partial charge in [0.05, 0.1) is 15.4 Å². The molecule has 26 heavy (non-hydrogen) atoms. The molecule has 0 aliphatic heterocycles. The number of nitro groups is 2. The summed E-state index contributed by atoms with van der Waals surface area (Å²) in [5.74, 6) is -1.60. The van der Waals surface area contributed by atoms with Crippen molar-refractivity contribution in [3.63, 3.8) is 0 Å². The Kier molecular flexibility index (Phi) is 5.26. The fraction of sp³-hybridized carbons (Fsp3) is 0.125. The minimum absolute atomic E-state index is 0.0124. The number of carbonyl (C=O) groups is 2. The molecule has 134 valence electrons. The number of rotatable bonds is 6. The quantitative estimate of drug-likeness (QED) is 0.271. The van der Waals surface area contributed by atoms with E-state index in [4.69, 9.17) is 10.5 Å². The second kappa shape index (κ2) is 7.38. The van der Waals surface area contributed by atoms with Gasteiger partial charge in [-0.25, -0.2) is 4.79 Å². The minimum atomic E-state index is -0.955. The van der Waals surface area contributed by atoms with Crippen molar-refractivity contribution in [2.24, 2.45) is 0 Å². The highest BCUT2D eigenvalue weighted by atomic mass is 16.6. The van der Waals surface area contributed by atoms with Gasteiger partial charge in [-0.1, -0.05) is 12.1 Å². The molecule has 2 aromatic carbocycles. The van der Waals surface area contributed by atoms with Crippen LogP contribution >= 0.6 is 0 Å². The van der Waals surface area contributed by atoms with Crippen LogP contribution in [0.2, 0.25) is 0 Å². The minimum Gasteiger partial charge on any atom is -0.454 e. The highest BCUT2D eigenvalue weighted by molar-refractivity contribution is 6.00. The average molecular weight is 359 g/mol. The van der Waals surface area contributed by atoms with Gasteiger partial charge in [0.2, 0.25) is 5.78 Å². The van der Waals surface area contributed by atoms with E-state index in [1.165, 1.54) is 31.2 Å². The van der Waals surface area contributed by atoms with Crippen LogP contribution in [0.4, 0.5) is 17.1 Å². The van der Waals surface area contributed by atoms with Crippen molar-refractivity contribution < 1.29 is 24.2 Å². The zero-order chi connectivity index (χ0) is 19.4. The smallest absolute Gasteiger partial charge is 0.338 e. The van der Waals surface area contributed by atoms with Gasteiger partial charge in [0.15, 0.2) is 6.61 Å². The predicted molar refractivity (Wildman–Crippen MR) is 90.0 cm³/mol. The number of nitrogen functional groups attached to an aromatic ring is 1. The van der Waals surface area contributed by atoms with Gasteiger partial charge in [-0.15, -0.1) is 0 Å². The first-order chi connectivity index (χ1) is 12.2. The first kappa shape index (κ1) is 18.5. The number of carbonyl (C=O) groups excluding carboxylic acids is 2. The predicted octanol–water partition coefficient (Wildman–Crippen LogP) is 2.43. The summed E-state index contributed by atoms with van der Waals surface area (Å²) in [6.07, 6.45) is 0. The van der Waals surface area contributed by atoms with Crippen LogP contribution in [0.15, 0.2) is 36.4 Å². The second-order valence-electron chi connectivity index (χ2n) is 5.29. The van der Waals surface area contributed by atoms with Crippen LogP contribution in [0.5, 0.6) is 0 Å². The first-order valence-electron chi connectivity index (χ1n) is 7.20. The van der Waals surface area contributed by atoms with E-state index in [2.05, 4.69) is 0 Å². The summed E-state index contributed by atoms with van der Waals surface area (Å²) in [7, 11) is 0. The van der Waals surface area contributed by atoms with Crippen molar-refractivity contribution >= 4 is 28.8 Å².